The van der Waals surface area contributed by atoms with Gasteiger partial charge >= 0.3 is 6.18 Å². The SMILES string of the molecule is O=C(Nc1ccc(Br)cc1C(F)(F)F)c1cnc(Cl)cn1. The smallest absolute Gasteiger partial charge is 0.320 e. The molecule has 0 radical (unpaired) electrons. The Morgan fingerprint density at radius 3 is 2.52 bits per heavy atom. The first kappa shape index (κ1) is 15.7. The average molecular weight is 381 g/mol. The zero-order valence-corrected chi connectivity index (χ0v) is 12.4. The summed E-state index contributed by atoms with van der Waals surface area (Å²) in [7, 11) is 0. The number of alkyl halides is 3. The van der Waals surface area contributed by atoms with Crippen LogP contribution < -0.4 is 5.32 Å². The molecule has 0 fully saturated rings. The van der Waals surface area contributed by atoms with E-state index in [1.807, 2.05) is 0 Å². The molecular formula is C12H6BrClF3N3O. The highest BCUT2D eigenvalue weighted by atomic mass is 79.9. The molecule has 0 aliphatic rings. The topological polar surface area (TPSA) is 54.9 Å². The predicted molar refractivity (Wildman–Crippen MR) is 74.1 cm³/mol. The molecule has 0 saturated heterocycles. The van der Waals surface area contributed by atoms with Gasteiger partial charge in [0.05, 0.1) is 23.6 Å². The van der Waals surface area contributed by atoms with Crippen molar-refractivity contribution in [2.75, 3.05) is 5.32 Å². The summed E-state index contributed by atoms with van der Waals surface area (Å²) in [5.41, 5.74) is -1.48. The lowest BCUT2D eigenvalue weighted by Crippen LogP contribution is -2.17. The van der Waals surface area contributed by atoms with Gasteiger partial charge in [0.1, 0.15) is 10.8 Å². The van der Waals surface area contributed by atoms with E-state index in [-0.39, 0.29) is 21.0 Å². The van der Waals surface area contributed by atoms with E-state index in [2.05, 4.69) is 31.2 Å². The van der Waals surface area contributed by atoms with Crippen LogP contribution >= 0.6 is 27.5 Å². The minimum Gasteiger partial charge on any atom is -0.320 e. The van der Waals surface area contributed by atoms with E-state index in [0.29, 0.717) is 0 Å². The lowest BCUT2D eigenvalue weighted by molar-refractivity contribution is -0.136. The quantitative estimate of drug-likeness (QED) is 0.851. The summed E-state index contributed by atoms with van der Waals surface area (Å²) in [6.45, 7) is 0. The van der Waals surface area contributed by atoms with Gasteiger partial charge in [-0.15, -0.1) is 0 Å². The van der Waals surface area contributed by atoms with Crippen LogP contribution in [0.4, 0.5) is 18.9 Å². The molecule has 1 heterocycles. The van der Waals surface area contributed by atoms with E-state index in [1.54, 1.807) is 0 Å². The van der Waals surface area contributed by atoms with Crippen molar-refractivity contribution in [3.63, 3.8) is 0 Å². The Hall–Kier alpha value is -1.67. The summed E-state index contributed by atoms with van der Waals surface area (Å²) in [5, 5.41) is 2.23. The van der Waals surface area contributed by atoms with Gasteiger partial charge in [-0.3, -0.25) is 4.79 Å². The van der Waals surface area contributed by atoms with Crippen LogP contribution in [0.5, 0.6) is 0 Å². The second-order valence-electron chi connectivity index (χ2n) is 3.87. The fourth-order valence-corrected chi connectivity index (χ4v) is 1.93. The van der Waals surface area contributed by atoms with Crippen molar-refractivity contribution >= 4 is 39.1 Å². The maximum Gasteiger partial charge on any atom is 0.418 e. The van der Waals surface area contributed by atoms with Crippen LogP contribution in [0.2, 0.25) is 5.15 Å². The molecule has 0 atom stereocenters. The van der Waals surface area contributed by atoms with Gasteiger partial charge in [0, 0.05) is 4.47 Å². The first-order chi connectivity index (χ1) is 9.77. The van der Waals surface area contributed by atoms with E-state index in [0.717, 1.165) is 24.5 Å². The summed E-state index contributed by atoms with van der Waals surface area (Å²) >= 11 is 8.48. The van der Waals surface area contributed by atoms with Gasteiger partial charge in [0.2, 0.25) is 0 Å². The number of carbonyl (C=O) groups excluding carboxylic acids is 1. The fourth-order valence-electron chi connectivity index (χ4n) is 1.48. The summed E-state index contributed by atoms with van der Waals surface area (Å²) in [6, 6.07) is 3.41. The summed E-state index contributed by atoms with van der Waals surface area (Å²) in [4.78, 5) is 19.2. The van der Waals surface area contributed by atoms with Crippen LogP contribution in [0, 0.1) is 0 Å². The summed E-state index contributed by atoms with van der Waals surface area (Å²) < 4.78 is 39.0. The largest absolute Gasteiger partial charge is 0.418 e. The number of carbonyl (C=O) groups is 1. The third-order valence-electron chi connectivity index (χ3n) is 2.39. The molecule has 0 spiro atoms. The van der Waals surface area contributed by atoms with Gasteiger partial charge in [-0.05, 0) is 18.2 Å². The highest BCUT2D eigenvalue weighted by Crippen LogP contribution is 2.36. The minimum atomic E-state index is -4.60. The van der Waals surface area contributed by atoms with Crippen molar-refractivity contribution in [2.24, 2.45) is 0 Å². The van der Waals surface area contributed by atoms with Gasteiger partial charge in [0.25, 0.3) is 5.91 Å². The number of benzene rings is 1. The Morgan fingerprint density at radius 1 is 1.24 bits per heavy atom. The Balaban J connectivity index is 2.31. The molecule has 0 bridgehead atoms. The van der Waals surface area contributed by atoms with E-state index < -0.39 is 17.6 Å². The maximum atomic E-state index is 12.9. The number of hydrogen-bond acceptors (Lipinski definition) is 3. The van der Waals surface area contributed by atoms with Crippen LogP contribution in [0.25, 0.3) is 0 Å². The Kier molecular flexibility index (Phi) is 4.48. The molecule has 0 saturated carbocycles. The van der Waals surface area contributed by atoms with E-state index in [9.17, 15) is 18.0 Å². The number of rotatable bonds is 2. The number of hydrogen-bond donors (Lipinski definition) is 1. The van der Waals surface area contributed by atoms with Crippen LogP contribution in [-0.2, 0) is 6.18 Å². The van der Waals surface area contributed by atoms with Crippen LogP contribution in [-0.4, -0.2) is 15.9 Å². The zero-order valence-electron chi connectivity index (χ0n) is 10.1. The van der Waals surface area contributed by atoms with Gasteiger partial charge in [-0.1, -0.05) is 27.5 Å². The Morgan fingerprint density at radius 2 is 1.95 bits per heavy atom. The second kappa shape index (κ2) is 5.98. The molecule has 0 aliphatic heterocycles. The molecule has 1 N–H and O–H groups in total. The lowest BCUT2D eigenvalue weighted by atomic mass is 10.1. The summed E-state index contributed by atoms with van der Waals surface area (Å²) in [6.07, 6.45) is -2.40. The number of anilines is 1. The Labute approximate surface area is 130 Å². The van der Waals surface area contributed by atoms with Crippen molar-refractivity contribution in [1.82, 2.24) is 9.97 Å². The fraction of sp³-hybridized carbons (Fsp3) is 0.0833. The average Bonchev–Trinajstić information content (AvgIpc) is 2.40. The van der Waals surface area contributed by atoms with Crippen LogP contribution in [0.15, 0.2) is 35.1 Å². The van der Waals surface area contributed by atoms with E-state index >= 15 is 0 Å². The molecule has 9 heteroatoms. The predicted octanol–water partition coefficient (Wildman–Crippen LogP) is 4.16. The minimum absolute atomic E-state index is 0.0752. The Bertz CT molecular complexity index is 676. The number of amides is 1. The van der Waals surface area contributed by atoms with Crippen molar-refractivity contribution in [1.29, 1.82) is 0 Å². The molecule has 1 aromatic carbocycles. The first-order valence-corrected chi connectivity index (χ1v) is 6.60. The van der Waals surface area contributed by atoms with E-state index in [1.165, 1.54) is 6.07 Å². The van der Waals surface area contributed by atoms with Gasteiger partial charge in [-0.25, -0.2) is 9.97 Å². The standard InChI is InChI=1S/C12H6BrClF3N3O/c13-6-1-2-8(7(3-6)12(15,16)17)20-11(21)9-4-19-10(14)5-18-9/h1-5H,(H,20,21). The molecule has 2 rings (SSSR count). The van der Waals surface area contributed by atoms with Crippen molar-refractivity contribution in [3.8, 4) is 0 Å². The number of nitrogens with zero attached hydrogens (tertiary/aromatic N) is 2. The van der Waals surface area contributed by atoms with Crippen LogP contribution in [0.3, 0.4) is 0 Å². The lowest BCUT2D eigenvalue weighted by Gasteiger charge is -2.14. The van der Waals surface area contributed by atoms with Crippen molar-refractivity contribution < 1.29 is 18.0 Å². The van der Waals surface area contributed by atoms with Crippen molar-refractivity contribution in [3.05, 3.63) is 51.5 Å². The first-order valence-electron chi connectivity index (χ1n) is 5.43. The molecule has 2 aromatic rings. The van der Waals surface area contributed by atoms with Gasteiger partial charge < -0.3 is 5.32 Å². The maximum absolute atomic E-state index is 12.9. The van der Waals surface area contributed by atoms with Crippen molar-refractivity contribution in [2.45, 2.75) is 6.18 Å². The molecule has 0 unspecified atom stereocenters. The molecule has 0 aliphatic carbocycles. The van der Waals surface area contributed by atoms with E-state index in [4.69, 9.17) is 11.6 Å². The third-order valence-corrected chi connectivity index (χ3v) is 3.08. The normalized spacial score (nSPS) is 11.3. The number of halogens is 5. The number of nitrogens with one attached hydrogen (secondary N) is 1. The molecule has 1 aromatic heterocycles. The third kappa shape index (κ3) is 3.92. The second-order valence-corrected chi connectivity index (χ2v) is 5.17. The van der Waals surface area contributed by atoms with Gasteiger partial charge in [-0.2, -0.15) is 13.2 Å². The number of aromatic nitrogens is 2. The van der Waals surface area contributed by atoms with Gasteiger partial charge in [0.15, 0.2) is 0 Å². The molecule has 21 heavy (non-hydrogen) atoms. The zero-order chi connectivity index (χ0) is 15.6. The molecular weight excluding hydrogens is 375 g/mol. The highest BCUT2D eigenvalue weighted by molar-refractivity contribution is 9.10. The monoisotopic (exact) mass is 379 g/mol. The molecule has 4 nitrogen and oxygen atoms in total. The van der Waals surface area contributed by atoms with Crippen LogP contribution in [0.1, 0.15) is 16.1 Å². The summed E-state index contributed by atoms with van der Waals surface area (Å²) in [5.74, 6) is -0.813. The molecule has 110 valence electrons. The molecule has 1 amide bonds. The highest BCUT2D eigenvalue weighted by Gasteiger charge is 2.34.